The van der Waals surface area contributed by atoms with E-state index >= 15 is 0 Å². The van der Waals surface area contributed by atoms with Gasteiger partial charge in [0.25, 0.3) is 0 Å². The van der Waals surface area contributed by atoms with Gasteiger partial charge in [-0.1, -0.05) is 36.4 Å². The summed E-state index contributed by atoms with van der Waals surface area (Å²) in [5.41, 5.74) is 3.30. The number of urea groups is 1. The number of aliphatic hydroxyl groups is 1. The third-order valence-corrected chi connectivity index (χ3v) is 6.32. The highest BCUT2D eigenvalue weighted by Crippen LogP contribution is 2.38. The number of nitrogens with one attached hydrogen (secondary N) is 2. The Morgan fingerprint density at radius 3 is 2.41 bits per heavy atom. The van der Waals surface area contributed by atoms with E-state index in [0.717, 1.165) is 49.5 Å². The highest BCUT2D eigenvalue weighted by molar-refractivity contribution is 5.91. The van der Waals surface area contributed by atoms with Crippen LogP contribution in [0, 0.1) is 0 Å². The lowest BCUT2D eigenvalue weighted by Crippen LogP contribution is -2.44. The van der Waals surface area contributed by atoms with Crippen LogP contribution in [-0.4, -0.2) is 74.1 Å². The number of carbonyl (C=O) groups excluding carboxylic acids is 2. The minimum Gasteiger partial charge on any atom is -0.465 e. The first-order chi connectivity index (χ1) is 18.0. The highest BCUT2D eigenvalue weighted by atomic mass is 16.7. The summed E-state index contributed by atoms with van der Waals surface area (Å²) in [4.78, 5) is 25.8. The summed E-state index contributed by atoms with van der Waals surface area (Å²) in [6.45, 7) is 5.75. The van der Waals surface area contributed by atoms with Gasteiger partial charge in [0.05, 0.1) is 38.6 Å². The van der Waals surface area contributed by atoms with Crippen LogP contribution in [0.15, 0.2) is 48.5 Å². The number of carbonyl (C=O) groups is 2. The van der Waals surface area contributed by atoms with E-state index in [9.17, 15) is 14.7 Å². The predicted molar refractivity (Wildman–Crippen MR) is 136 cm³/mol. The summed E-state index contributed by atoms with van der Waals surface area (Å²) in [6, 6.07) is 14.6. The highest BCUT2D eigenvalue weighted by Gasteiger charge is 2.33. The predicted octanol–water partition coefficient (Wildman–Crippen LogP) is 2.74. The van der Waals surface area contributed by atoms with Gasteiger partial charge in [-0.2, -0.15) is 0 Å². The normalized spacial score (nSPS) is 22.3. The second-order valence-electron chi connectivity index (χ2n) is 9.00. The standard InChI is InChI=1S/C27H35N3O7/c1-2-35-25(32)16-28-27(33)29-22-9-7-21(8-10-22)26-36-23(17-30-11-13-34-14-12-30)15-24(37-26)20-5-3-19(18-31)4-6-20/h3-10,23-24,26,31H,2,11-18H2,1H3,(H2,28,29,33)/t23-,24+,26+/m1/s1. The molecule has 3 N–H and O–H groups in total. The van der Waals surface area contributed by atoms with Gasteiger partial charge in [-0.3, -0.25) is 9.69 Å². The number of anilines is 1. The molecule has 2 aromatic rings. The van der Waals surface area contributed by atoms with Crippen molar-refractivity contribution >= 4 is 17.7 Å². The van der Waals surface area contributed by atoms with Crippen molar-refractivity contribution in [1.82, 2.24) is 10.2 Å². The minimum atomic E-state index is -0.575. The number of nitrogens with zero attached hydrogens (tertiary/aromatic N) is 1. The smallest absolute Gasteiger partial charge is 0.325 e. The van der Waals surface area contributed by atoms with Crippen LogP contribution in [0.3, 0.4) is 0 Å². The number of morpholine rings is 1. The molecule has 0 aliphatic carbocycles. The van der Waals surface area contributed by atoms with E-state index in [2.05, 4.69) is 15.5 Å². The number of ether oxygens (including phenoxy) is 4. The van der Waals surface area contributed by atoms with E-state index in [1.54, 1.807) is 19.1 Å². The van der Waals surface area contributed by atoms with Gasteiger partial charge in [0.2, 0.25) is 0 Å². The van der Waals surface area contributed by atoms with E-state index in [1.165, 1.54) is 0 Å². The van der Waals surface area contributed by atoms with Crippen molar-refractivity contribution in [1.29, 1.82) is 0 Å². The van der Waals surface area contributed by atoms with Crippen LogP contribution < -0.4 is 10.6 Å². The van der Waals surface area contributed by atoms with Crippen molar-refractivity contribution in [2.45, 2.75) is 38.4 Å². The Labute approximate surface area is 216 Å². The van der Waals surface area contributed by atoms with Crippen LogP contribution in [0.4, 0.5) is 10.5 Å². The first-order valence-electron chi connectivity index (χ1n) is 12.6. The van der Waals surface area contributed by atoms with Gasteiger partial charge >= 0.3 is 12.0 Å². The molecule has 2 saturated heterocycles. The summed E-state index contributed by atoms with van der Waals surface area (Å²) >= 11 is 0. The van der Waals surface area contributed by atoms with Crippen LogP contribution >= 0.6 is 0 Å². The molecule has 0 aromatic heterocycles. The van der Waals surface area contributed by atoms with Crippen molar-refractivity contribution in [3.63, 3.8) is 0 Å². The first-order valence-corrected chi connectivity index (χ1v) is 12.6. The Morgan fingerprint density at radius 1 is 1.03 bits per heavy atom. The fourth-order valence-corrected chi connectivity index (χ4v) is 4.37. The maximum Gasteiger partial charge on any atom is 0.325 e. The molecule has 37 heavy (non-hydrogen) atoms. The molecule has 2 aromatic carbocycles. The zero-order valence-corrected chi connectivity index (χ0v) is 21.1. The van der Waals surface area contributed by atoms with Gasteiger partial charge in [-0.25, -0.2) is 4.79 Å². The third-order valence-electron chi connectivity index (χ3n) is 6.32. The zero-order valence-electron chi connectivity index (χ0n) is 21.1. The monoisotopic (exact) mass is 513 g/mol. The lowest BCUT2D eigenvalue weighted by atomic mass is 9.99. The van der Waals surface area contributed by atoms with E-state index in [-0.39, 0.29) is 32.0 Å². The number of esters is 1. The number of aliphatic hydroxyl groups excluding tert-OH is 1. The van der Waals surface area contributed by atoms with Crippen LogP contribution in [0.5, 0.6) is 0 Å². The Kier molecular flexibility index (Phi) is 9.86. The molecule has 0 bridgehead atoms. The van der Waals surface area contributed by atoms with Crippen molar-refractivity contribution in [3.8, 4) is 0 Å². The summed E-state index contributed by atoms with van der Waals surface area (Å²) in [5.74, 6) is -0.494. The van der Waals surface area contributed by atoms with E-state index < -0.39 is 18.3 Å². The number of amides is 2. The van der Waals surface area contributed by atoms with E-state index in [0.29, 0.717) is 12.1 Å². The number of hydrogen-bond acceptors (Lipinski definition) is 8. The van der Waals surface area contributed by atoms with Crippen LogP contribution in [-0.2, 0) is 30.3 Å². The van der Waals surface area contributed by atoms with Crippen LogP contribution in [0.25, 0.3) is 0 Å². The number of hydrogen-bond donors (Lipinski definition) is 3. The summed E-state index contributed by atoms with van der Waals surface area (Å²) in [5, 5.41) is 14.6. The molecule has 200 valence electrons. The largest absolute Gasteiger partial charge is 0.465 e. The molecule has 10 heteroatoms. The molecule has 0 saturated carbocycles. The van der Waals surface area contributed by atoms with E-state index in [4.69, 9.17) is 18.9 Å². The SMILES string of the molecule is CCOC(=O)CNC(=O)Nc1ccc([C@H]2O[C@@H](CN3CCOCC3)C[C@@H](c3ccc(CO)cc3)O2)cc1. The van der Waals surface area contributed by atoms with Gasteiger partial charge in [0, 0.05) is 37.3 Å². The molecule has 2 amide bonds. The lowest BCUT2D eigenvalue weighted by molar-refractivity contribution is -0.253. The quantitative estimate of drug-likeness (QED) is 0.438. The molecule has 0 unspecified atom stereocenters. The topological polar surface area (TPSA) is 119 Å². The third kappa shape index (κ3) is 7.98. The molecule has 0 radical (unpaired) electrons. The van der Waals surface area contributed by atoms with Gasteiger partial charge in [0.1, 0.15) is 6.54 Å². The van der Waals surface area contributed by atoms with Gasteiger partial charge in [-0.15, -0.1) is 0 Å². The first kappa shape index (κ1) is 27.0. The van der Waals surface area contributed by atoms with Crippen LogP contribution in [0.1, 0.15) is 42.4 Å². The fraction of sp³-hybridized carbons (Fsp3) is 0.481. The molecule has 0 spiro atoms. The Morgan fingerprint density at radius 2 is 1.73 bits per heavy atom. The van der Waals surface area contributed by atoms with E-state index in [1.807, 2.05) is 36.4 Å². The average molecular weight is 514 g/mol. The Balaban J connectivity index is 1.42. The van der Waals surface area contributed by atoms with Crippen molar-refractivity contribution in [2.24, 2.45) is 0 Å². The summed E-state index contributed by atoms with van der Waals surface area (Å²) in [6.07, 6.45) is -0.0594. The second-order valence-corrected chi connectivity index (χ2v) is 9.00. The fourth-order valence-electron chi connectivity index (χ4n) is 4.37. The van der Waals surface area contributed by atoms with Gasteiger partial charge in [0.15, 0.2) is 6.29 Å². The van der Waals surface area contributed by atoms with Crippen LogP contribution in [0.2, 0.25) is 0 Å². The van der Waals surface area contributed by atoms with Gasteiger partial charge in [-0.05, 0) is 30.2 Å². The number of benzene rings is 2. The Bertz CT molecular complexity index is 1010. The molecule has 2 fully saturated rings. The number of rotatable bonds is 9. The molecular formula is C27H35N3O7. The molecule has 2 aliphatic rings. The molecule has 2 aliphatic heterocycles. The van der Waals surface area contributed by atoms with Crippen molar-refractivity contribution in [2.75, 3.05) is 51.3 Å². The maximum absolute atomic E-state index is 12.1. The Hall–Kier alpha value is -3.02. The summed E-state index contributed by atoms with van der Waals surface area (Å²) in [7, 11) is 0. The summed E-state index contributed by atoms with van der Waals surface area (Å²) < 4.78 is 23.1. The second kappa shape index (κ2) is 13.5. The molecular weight excluding hydrogens is 478 g/mol. The van der Waals surface area contributed by atoms with Crippen molar-refractivity contribution < 1.29 is 33.6 Å². The maximum atomic E-state index is 12.1. The van der Waals surface area contributed by atoms with Crippen molar-refractivity contribution in [3.05, 3.63) is 65.2 Å². The lowest BCUT2D eigenvalue weighted by Gasteiger charge is -2.39. The molecule has 3 atom stereocenters. The molecule has 10 nitrogen and oxygen atoms in total. The zero-order chi connectivity index (χ0) is 26.0. The molecule has 2 heterocycles. The van der Waals surface area contributed by atoms with Gasteiger partial charge < -0.3 is 34.7 Å². The minimum absolute atomic E-state index is 0.00156. The average Bonchev–Trinajstić information content (AvgIpc) is 2.93. The molecule has 4 rings (SSSR count).